The van der Waals surface area contributed by atoms with Crippen LogP contribution in [0.4, 0.5) is 15.3 Å². The summed E-state index contributed by atoms with van der Waals surface area (Å²) in [5.74, 6) is 0. The van der Waals surface area contributed by atoms with Gasteiger partial charge in [0.15, 0.2) is 0 Å². The molecule has 8 heteroatoms. The van der Waals surface area contributed by atoms with Crippen molar-refractivity contribution >= 4 is 24.2 Å². The summed E-state index contributed by atoms with van der Waals surface area (Å²) in [6.07, 6.45) is 4.04. The zero-order chi connectivity index (χ0) is 25.1. The molecule has 1 fully saturated rings. The maximum absolute atomic E-state index is 12.7. The zero-order valence-electron chi connectivity index (χ0n) is 21.3. The summed E-state index contributed by atoms with van der Waals surface area (Å²) in [7, 11) is 0. The summed E-state index contributed by atoms with van der Waals surface area (Å²) in [6, 6.07) is 5.85. The third-order valence-corrected chi connectivity index (χ3v) is 6.02. The largest absolute Gasteiger partial charge is 0.444 e. The van der Waals surface area contributed by atoms with Crippen LogP contribution >= 0.6 is 0 Å². The van der Waals surface area contributed by atoms with E-state index < -0.39 is 23.3 Å². The number of rotatable bonds is 4. The van der Waals surface area contributed by atoms with Gasteiger partial charge in [-0.05, 0) is 84.4 Å². The Labute approximate surface area is 202 Å². The first-order chi connectivity index (χ1) is 15.8. The van der Waals surface area contributed by atoms with E-state index in [0.29, 0.717) is 13.0 Å². The molecule has 3 rings (SSSR count). The number of fused-ring (bicyclic) bond motifs is 1. The highest BCUT2D eigenvalue weighted by Gasteiger charge is 2.34. The van der Waals surface area contributed by atoms with Gasteiger partial charge < -0.3 is 24.9 Å². The average Bonchev–Trinajstić information content (AvgIpc) is 2.72. The number of hydrogen-bond donors (Lipinski definition) is 2. The molecule has 0 radical (unpaired) electrons. The molecular weight excluding hydrogens is 434 g/mol. The maximum atomic E-state index is 12.7. The standard InChI is InChI=1S/C26H39N3O5/c1-25(2,3)33-23(31)28-19-12-10-18(11-13-19)27-22-9-7-8-17-15-29(20(16-30)14-21(17)22)24(32)34-26(4,5)6/h7-9,16,18-20,27H,10-15H2,1-6H3,(H,28,31)/t18?,19?,20-/m1/s1. The lowest BCUT2D eigenvalue weighted by Crippen LogP contribution is -2.47. The van der Waals surface area contributed by atoms with Crippen LogP contribution in [-0.2, 0) is 27.2 Å². The van der Waals surface area contributed by atoms with E-state index in [0.717, 1.165) is 48.8 Å². The number of carbonyl (C=O) groups excluding carboxylic acids is 3. The Balaban J connectivity index is 1.61. The lowest BCUT2D eigenvalue weighted by Gasteiger charge is -2.37. The molecule has 0 spiro atoms. The summed E-state index contributed by atoms with van der Waals surface area (Å²) < 4.78 is 10.9. The number of hydrogen-bond acceptors (Lipinski definition) is 6. The number of anilines is 1. The smallest absolute Gasteiger partial charge is 0.411 e. The van der Waals surface area contributed by atoms with Gasteiger partial charge in [0.05, 0.1) is 12.6 Å². The number of nitrogens with zero attached hydrogens (tertiary/aromatic N) is 1. The second kappa shape index (κ2) is 10.2. The van der Waals surface area contributed by atoms with Crippen LogP contribution in [-0.4, -0.2) is 52.7 Å². The molecule has 0 unspecified atom stereocenters. The van der Waals surface area contributed by atoms with Crippen LogP contribution in [0.1, 0.15) is 78.4 Å². The van der Waals surface area contributed by atoms with Gasteiger partial charge in [-0.15, -0.1) is 0 Å². The van der Waals surface area contributed by atoms with Crippen molar-refractivity contribution in [2.75, 3.05) is 5.32 Å². The lowest BCUT2D eigenvalue weighted by molar-refractivity contribution is -0.113. The van der Waals surface area contributed by atoms with E-state index in [1.165, 1.54) is 4.90 Å². The summed E-state index contributed by atoms with van der Waals surface area (Å²) in [6.45, 7) is 11.4. The van der Waals surface area contributed by atoms with E-state index >= 15 is 0 Å². The van der Waals surface area contributed by atoms with Gasteiger partial charge in [0.1, 0.15) is 17.5 Å². The highest BCUT2D eigenvalue weighted by molar-refractivity contribution is 5.76. The van der Waals surface area contributed by atoms with Crippen LogP contribution in [0.3, 0.4) is 0 Å². The van der Waals surface area contributed by atoms with Crippen LogP contribution < -0.4 is 10.6 Å². The SMILES string of the molecule is CC(C)(C)OC(=O)NC1CCC(Nc2cccc3c2C[C@H](C=O)N(C(=O)OC(C)(C)C)C3)CC1. The van der Waals surface area contributed by atoms with Gasteiger partial charge in [-0.2, -0.15) is 0 Å². The first-order valence-electron chi connectivity index (χ1n) is 12.2. The van der Waals surface area contributed by atoms with Crippen LogP contribution in [0, 0.1) is 0 Å². The van der Waals surface area contributed by atoms with E-state index in [9.17, 15) is 14.4 Å². The van der Waals surface area contributed by atoms with Crippen molar-refractivity contribution < 1.29 is 23.9 Å². The minimum atomic E-state index is -0.620. The molecule has 188 valence electrons. The van der Waals surface area contributed by atoms with Crippen molar-refractivity contribution in [2.45, 2.75) is 110 Å². The van der Waals surface area contributed by atoms with E-state index in [-0.39, 0.29) is 18.2 Å². The topological polar surface area (TPSA) is 97.0 Å². The van der Waals surface area contributed by atoms with Crippen molar-refractivity contribution in [2.24, 2.45) is 0 Å². The lowest BCUT2D eigenvalue weighted by atomic mass is 9.89. The first-order valence-corrected chi connectivity index (χ1v) is 12.2. The predicted molar refractivity (Wildman–Crippen MR) is 131 cm³/mol. The van der Waals surface area contributed by atoms with Crippen LogP contribution in [0.5, 0.6) is 0 Å². The molecule has 1 atom stereocenters. The Hall–Kier alpha value is -2.77. The Morgan fingerprint density at radius 2 is 1.59 bits per heavy atom. The van der Waals surface area contributed by atoms with E-state index in [2.05, 4.69) is 10.6 Å². The number of aldehydes is 1. The third kappa shape index (κ3) is 7.11. The highest BCUT2D eigenvalue weighted by Crippen LogP contribution is 2.32. The number of nitrogens with one attached hydrogen (secondary N) is 2. The Morgan fingerprint density at radius 1 is 0.971 bits per heavy atom. The molecule has 2 N–H and O–H groups in total. The predicted octanol–water partition coefficient (Wildman–Crippen LogP) is 4.80. The van der Waals surface area contributed by atoms with Crippen LogP contribution in [0.2, 0.25) is 0 Å². The highest BCUT2D eigenvalue weighted by atomic mass is 16.6. The summed E-state index contributed by atoms with van der Waals surface area (Å²) in [5.41, 5.74) is 1.98. The van der Waals surface area contributed by atoms with Gasteiger partial charge in [-0.1, -0.05) is 12.1 Å². The number of carbonyl (C=O) groups is 3. The van der Waals surface area contributed by atoms with E-state index in [4.69, 9.17) is 9.47 Å². The zero-order valence-corrected chi connectivity index (χ0v) is 21.3. The molecule has 0 aromatic heterocycles. The molecule has 1 aromatic rings. The Kier molecular flexibility index (Phi) is 7.78. The minimum Gasteiger partial charge on any atom is -0.444 e. The van der Waals surface area contributed by atoms with Gasteiger partial charge in [-0.25, -0.2) is 9.59 Å². The van der Waals surface area contributed by atoms with Gasteiger partial charge in [-0.3, -0.25) is 4.90 Å². The van der Waals surface area contributed by atoms with E-state index in [1.54, 1.807) is 0 Å². The van der Waals surface area contributed by atoms with Gasteiger partial charge in [0, 0.05) is 24.2 Å². The summed E-state index contributed by atoms with van der Waals surface area (Å²) >= 11 is 0. The fourth-order valence-corrected chi connectivity index (χ4v) is 4.50. The molecular formula is C26H39N3O5. The molecule has 1 aliphatic carbocycles. The van der Waals surface area contributed by atoms with Crippen LogP contribution in [0.25, 0.3) is 0 Å². The third-order valence-electron chi connectivity index (χ3n) is 6.02. The second-order valence-electron chi connectivity index (χ2n) is 11.3. The number of amides is 2. The molecule has 1 heterocycles. The van der Waals surface area contributed by atoms with E-state index in [1.807, 2.05) is 59.7 Å². The van der Waals surface area contributed by atoms with Gasteiger partial charge >= 0.3 is 12.2 Å². The molecule has 34 heavy (non-hydrogen) atoms. The molecule has 0 bridgehead atoms. The Bertz CT molecular complexity index is 895. The molecule has 1 aromatic carbocycles. The fraction of sp³-hybridized carbons (Fsp3) is 0.654. The minimum absolute atomic E-state index is 0.111. The second-order valence-corrected chi connectivity index (χ2v) is 11.3. The van der Waals surface area contributed by atoms with Crippen LogP contribution in [0.15, 0.2) is 18.2 Å². The maximum Gasteiger partial charge on any atom is 0.411 e. The van der Waals surface area contributed by atoms with Crippen molar-refractivity contribution in [3.8, 4) is 0 Å². The first kappa shape index (κ1) is 25.8. The number of ether oxygens (including phenoxy) is 2. The quantitative estimate of drug-likeness (QED) is 0.610. The normalized spacial score (nSPS) is 22.9. The fourth-order valence-electron chi connectivity index (χ4n) is 4.50. The molecule has 0 saturated heterocycles. The molecule has 2 aliphatic rings. The monoisotopic (exact) mass is 473 g/mol. The molecule has 1 saturated carbocycles. The van der Waals surface area contributed by atoms with Crippen molar-refractivity contribution in [1.29, 1.82) is 0 Å². The average molecular weight is 474 g/mol. The van der Waals surface area contributed by atoms with Crippen molar-refractivity contribution in [3.63, 3.8) is 0 Å². The van der Waals surface area contributed by atoms with Crippen molar-refractivity contribution in [1.82, 2.24) is 10.2 Å². The van der Waals surface area contributed by atoms with Gasteiger partial charge in [0.2, 0.25) is 0 Å². The summed E-state index contributed by atoms with van der Waals surface area (Å²) in [5, 5.41) is 6.63. The Morgan fingerprint density at radius 3 is 2.18 bits per heavy atom. The molecule has 8 nitrogen and oxygen atoms in total. The van der Waals surface area contributed by atoms with Gasteiger partial charge in [0.25, 0.3) is 0 Å². The molecule has 2 amide bonds. The number of alkyl carbamates (subject to hydrolysis) is 1. The van der Waals surface area contributed by atoms with Crippen molar-refractivity contribution in [3.05, 3.63) is 29.3 Å². The summed E-state index contributed by atoms with van der Waals surface area (Å²) in [4.78, 5) is 38.1. The molecule has 1 aliphatic heterocycles. The number of benzene rings is 1.